The second-order valence-corrected chi connectivity index (χ2v) is 16.5. The van der Waals surface area contributed by atoms with Crippen molar-refractivity contribution < 1.29 is 28.4 Å². The van der Waals surface area contributed by atoms with Gasteiger partial charge in [-0.25, -0.2) is 14.2 Å². The number of fused-ring (bicyclic) bond motifs is 1. The van der Waals surface area contributed by atoms with Crippen LogP contribution in [0.5, 0.6) is 0 Å². The zero-order valence-corrected chi connectivity index (χ0v) is 33.8. The fourth-order valence-corrected chi connectivity index (χ4v) is 9.20. The second-order valence-electron chi connectivity index (χ2n) is 16.1. The molecule has 0 saturated carbocycles. The first-order valence-corrected chi connectivity index (χ1v) is 20.5. The molecule has 0 unspecified atom stereocenters. The second kappa shape index (κ2) is 16.5. The van der Waals surface area contributed by atoms with Crippen LogP contribution in [0.2, 0.25) is 5.02 Å². The van der Waals surface area contributed by atoms with Crippen LogP contribution in [0.25, 0.3) is 0 Å². The zero-order valence-electron chi connectivity index (χ0n) is 33.0. The van der Waals surface area contributed by atoms with Gasteiger partial charge in [0.05, 0.1) is 39.3 Å². The molecule has 0 bridgehead atoms. The van der Waals surface area contributed by atoms with Crippen molar-refractivity contribution >= 4 is 64.1 Å². The lowest BCUT2D eigenvalue weighted by Gasteiger charge is -2.45. The van der Waals surface area contributed by atoms with Gasteiger partial charge in [0.2, 0.25) is 11.8 Å². The number of hydrogen-bond donors (Lipinski definition) is 2. The number of nitrogens with one attached hydrogen (secondary N) is 2. The molecule has 0 aliphatic carbocycles. The van der Waals surface area contributed by atoms with Crippen molar-refractivity contribution in [1.29, 1.82) is 5.26 Å². The van der Waals surface area contributed by atoms with Gasteiger partial charge in [0.15, 0.2) is 0 Å². The summed E-state index contributed by atoms with van der Waals surface area (Å²) in [6, 6.07) is 12.6. The molecular formula is C42H46ClFN10O5. The van der Waals surface area contributed by atoms with Crippen molar-refractivity contribution in [2.24, 2.45) is 5.92 Å². The van der Waals surface area contributed by atoms with Crippen LogP contribution in [0.3, 0.4) is 0 Å². The summed E-state index contributed by atoms with van der Waals surface area (Å²) in [4.78, 5) is 80.0. The van der Waals surface area contributed by atoms with E-state index in [0.29, 0.717) is 48.4 Å². The Morgan fingerprint density at radius 1 is 0.915 bits per heavy atom. The molecule has 3 aromatic rings. The maximum absolute atomic E-state index is 15.4. The lowest BCUT2D eigenvalue weighted by molar-refractivity contribution is -0.136. The van der Waals surface area contributed by atoms with Crippen molar-refractivity contribution in [3.05, 3.63) is 76.2 Å². The van der Waals surface area contributed by atoms with E-state index in [-0.39, 0.29) is 47.8 Å². The molecule has 6 heterocycles. The molecule has 4 fully saturated rings. The van der Waals surface area contributed by atoms with Crippen LogP contribution in [0.4, 0.5) is 32.1 Å². The molecule has 17 heteroatoms. The molecular weight excluding hydrogens is 779 g/mol. The van der Waals surface area contributed by atoms with Gasteiger partial charge in [-0.3, -0.25) is 34.3 Å². The molecule has 6 amide bonds. The Bertz CT molecular complexity index is 2220. The van der Waals surface area contributed by atoms with Crippen LogP contribution in [0.15, 0.2) is 48.7 Å². The first-order chi connectivity index (χ1) is 28.4. The predicted molar refractivity (Wildman–Crippen MR) is 219 cm³/mol. The van der Waals surface area contributed by atoms with E-state index < -0.39 is 35.5 Å². The highest BCUT2D eigenvalue weighted by Crippen LogP contribution is 2.34. The van der Waals surface area contributed by atoms with Crippen LogP contribution in [0, 0.1) is 23.1 Å². The predicted octanol–water partition coefficient (Wildman–Crippen LogP) is 4.32. The highest BCUT2D eigenvalue weighted by molar-refractivity contribution is 6.32. The normalized spacial score (nSPS) is 23.0. The van der Waals surface area contributed by atoms with E-state index in [1.165, 1.54) is 6.07 Å². The Kier molecular flexibility index (Phi) is 11.2. The summed E-state index contributed by atoms with van der Waals surface area (Å²) in [5, 5.41) is 14.8. The van der Waals surface area contributed by atoms with Crippen molar-refractivity contribution in [2.75, 3.05) is 78.9 Å². The van der Waals surface area contributed by atoms with Crippen LogP contribution in [0.1, 0.15) is 65.8 Å². The number of hydrogen-bond acceptors (Lipinski definition) is 11. The summed E-state index contributed by atoms with van der Waals surface area (Å²) in [7, 11) is 0. The average molecular weight is 825 g/mol. The Hall–Kier alpha value is -5.79. The number of carbonyl (C=O) groups excluding carboxylic acids is 5. The molecule has 2 N–H and O–H groups in total. The molecule has 0 radical (unpaired) electrons. The first-order valence-electron chi connectivity index (χ1n) is 20.2. The minimum Gasteiger partial charge on any atom is -0.367 e. The number of carbonyl (C=O) groups is 5. The quantitative estimate of drug-likeness (QED) is 0.326. The molecule has 8 rings (SSSR count). The Balaban J connectivity index is 0.788. The molecule has 1 aromatic heterocycles. The van der Waals surface area contributed by atoms with Crippen molar-refractivity contribution in [3.63, 3.8) is 0 Å². The third kappa shape index (κ3) is 8.01. The molecule has 0 spiro atoms. The third-order valence-electron chi connectivity index (χ3n) is 12.3. The highest BCUT2D eigenvalue weighted by atomic mass is 35.5. The SMILES string of the molecule is C[C@@H]1CN(c2ccc(C#N)c(Cl)c2)[C@@H](C)CN1C(=O)Nc1ccc(N2CCC(CN3CCN(c4cc5c(cc4F)C(=O)N([C@H]4CCC(=O)NC4=O)C5=O)CC3)CC2)nc1. The number of pyridine rings is 1. The van der Waals surface area contributed by atoms with Gasteiger partial charge in [0.25, 0.3) is 11.8 Å². The Morgan fingerprint density at radius 3 is 2.31 bits per heavy atom. The summed E-state index contributed by atoms with van der Waals surface area (Å²) >= 11 is 6.30. The van der Waals surface area contributed by atoms with Crippen LogP contribution in [-0.4, -0.2) is 126 Å². The number of nitrogens with zero attached hydrogens (tertiary/aromatic N) is 8. The Labute approximate surface area is 346 Å². The number of urea groups is 1. The maximum atomic E-state index is 15.4. The molecule has 15 nitrogen and oxygen atoms in total. The summed E-state index contributed by atoms with van der Waals surface area (Å²) in [5.74, 6) is -1.76. The van der Waals surface area contributed by atoms with Crippen LogP contribution >= 0.6 is 11.6 Å². The van der Waals surface area contributed by atoms with Gasteiger partial charge in [-0.2, -0.15) is 5.26 Å². The molecule has 59 heavy (non-hydrogen) atoms. The lowest BCUT2D eigenvalue weighted by Crippen LogP contribution is -2.59. The van der Waals surface area contributed by atoms with Gasteiger partial charge < -0.3 is 24.9 Å². The van der Waals surface area contributed by atoms with E-state index >= 15 is 4.39 Å². The third-order valence-corrected chi connectivity index (χ3v) is 12.6. The number of anilines is 4. The first kappa shape index (κ1) is 40.0. The summed E-state index contributed by atoms with van der Waals surface area (Å²) in [6.45, 7) is 10.4. The number of halogens is 2. The van der Waals surface area contributed by atoms with E-state index in [0.717, 1.165) is 68.0 Å². The van der Waals surface area contributed by atoms with Gasteiger partial charge in [0.1, 0.15) is 23.7 Å². The number of nitriles is 1. The number of aromatic nitrogens is 1. The standard InChI is InChI=1S/C42H46ClFN10O5/c1-25-23-53(26(2)22-52(25)30-5-3-28(20-45)33(43)17-30)42(59)47-29-4-7-37(46-21-29)51-11-9-27(10-12-51)24-49-13-15-50(16-14-49)36-19-32-31(18-34(36)44)40(57)54(41(32)58)35-6-8-38(55)48-39(35)56/h3-5,7,17-19,21,25-27,35H,6,8-16,22-24H2,1-2H3,(H,47,59)(H,48,55,56)/t25-,26+,35-/m0/s1. The summed E-state index contributed by atoms with van der Waals surface area (Å²) < 4.78 is 15.4. The number of piperazine rings is 2. The van der Waals surface area contributed by atoms with E-state index in [1.54, 1.807) is 18.3 Å². The molecule has 5 aliphatic rings. The lowest BCUT2D eigenvalue weighted by atomic mass is 9.96. The largest absolute Gasteiger partial charge is 0.367 e. The van der Waals surface area contributed by atoms with E-state index in [1.807, 2.05) is 34.9 Å². The van der Waals surface area contributed by atoms with Gasteiger partial charge >= 0.3 is 6.03 Å². The molecule has 2 aromatic carbocycles. The summed E-state index contributed by atoms with van der Waals surface area (Å²) in [6.07, 6.45) is 3.75. The Morgan fingerprint density at radius 2 is 1.64 bits per heavy atom. The van der Waals surface area contributed by atoms with Gasteiger partial charge in [0, 0.05) is 83.1 Å². The van der Waals surface area contributed by atoms with E-state index in [9.17, 15) is 29.2 Å². The van der Waals surface area contributed by atoms with E-state index in [2.05, 4.69) is 43.3 Å². The smallest absolute Gasteiger partial charge is 0.322 e. The van der Waals surface area contributed by atoms with Crippen molar-refractivity contribution in [2.45, 2.75) is 57.7 Å². The fraction of sp³-hybridized carbons (Fsp3) is 0.452. The van der Waals surface area contributed by atoms with Crippen molar-refractivity contribution in [1.82, 2.24) is 25.0 Å². The van der Waals surface area contributed by atoms with Crippen molar-refractivity contribution in [3.8, 4) is 6.07 Å². The molecule has 4 saturated heterocycles. The van der Waals surface area contributed by atoms with Crippen LogP contribution < -0.4 is 25.3 Å². The monoisotopic (exact) mass is 824 g/mol. The highest BCUT2D eigenvalue weighted by Gasteiger charge is 2.45. The van der Waals surface area contributed by atoms with Crippen LogP contribution in [-0.2, 0) is 9.59 Å². The van der Waals surface area contributed by atoms with Gasteiger partial charge in [-0.1, -0.05) is 11.6 Å². The number of piperidine rings is 2. The minimum atomic E-state index is -1.10. The minimum absolute atomic E-state index is 0.0150. The number of benzene rings is 2. The molecule has 5 aliphatic heterocycles. The number of rotatable bonds is 7. The molecule has 3 atom stereocenters. The van der Waals surface area contributed by atoms with Gasteiger partial charge in [-0.15, -0.1) is 0 Å². The number of imide groups is 2. The topological polar surface area (TPSA) is 166 Å². The van der Waals surface area contributed by atoms with E-state index in [4.69, 9.17) is 11.6 Å². The van der Waals surface area contributed by atoms with Gasteiger partial charge in [-0.05, 0) is 81.5 Å². The maximum Gasteiger partial charge on any atom is 0.322 e. The summed E-state index contributed by atoms with van der Waals surface area (Å²) in [5.41, 5.74) is 2.25. The molecule has 308 valence electrons. The zero-order chi connectivity index (χ0) is 41.5. The fourth-order valence-electron chi connectivity index (χ4n) is 8.99. The number of amides is 6. The average Bonchev–Trinajstić information content (AvgIpc) is 3.46.